The van der Waals surface area contributed by atoms with Gasteiger partial charge in [-0.25, -0.2) is 0 Å². The van der Waals surface area contributed by atoms with Gasteiger partial charge in [0.2, 0.25) is 0 Å². The molecule has 0 atom stereocenters. The van der Waals surface area contributed by atoms with E-state index in [1.165, 1.54) is 10.9 Å². The van der Waals surface area contributed by atoms with E-state index in [1.807, 2.05) is 24.3 Å². The first-order chi connectivity index (χ1) is 8.95. The normalized spacial score (nSPS) is 11.7. The summed E-state index contributed by atoms with van der Waals surface area (Å²) in [4.78, 5) is 0. The fraction of sp³-hybridized carbons (Fsp3) is 0.308. The molecule has 0 saturated heterocycles. The maximum Gasteiger partial charge on any atom is 0.435 e. The number of nitrogen functional groups attached to an aromatic ring is 1. The van der Waals surface area contributed by atoms with Crippen molar-refractivity contribution >= 4 is 5.69 Å². The third-order valence-corrected chi connectivity index (χ3v) is 2.76. The lowest BCUT2D eigenvalue weighted by atomic mass is 10.1. The van der Waals surface area contributed by atoms with Gasteiger partial charge in [0.25, 0.3) is 0 Å². The molecule has 0 amide bonds. The molecule has 2 aromatic rings. The fourth-order valence-corrected chi connectivity index (χ4v) is 1.77. The molecule has 19 heavy (non-hydrogen) atoms. The topological polar surface area (TPSA) is 43.8 Å². The third kappa shape index (κ3) is 3.74. The predicted molar refractivity (Wildman–Crippen MR) is 66.4 cm³/mol. The lowest BCUT2D eigenvalue weighted by molar-refractivity contribution is -0.141. The molecule has 6 heteroatoms. The molecule has 3 nitrogen and oxygen atoms in total. The van der Waals surface area contributed by atoms with Gasteiger partial charge in [0.1, 0.15) is 0 Å². The van der Waals surface area contributed by atoms with Gasteiger partial charge in [-0.2, -0.15) is 18.3 Å². The summed E-state index contributed by atoms with van der Waals surface area (Å²) in [5.41, 5.74) is 6.53. The van der Waals surface area contributed by atoms with Crippen molar-refractivity contribution in [1.82, 2.24) is 9.78 Å². The lowest BCUT2D eigenvalue weighted by Crippen LogP contribution is -2.08. The summed E-state index contributed by atoms with van der Waals surface area (Å²) in [5.74, 6) is 0. The average molecular weight is 269 g/mol. The van der Waals surface area contributed by atoms with Crippen LogP contribution in [0.15, 0.2) is 36.5 Å². The summed E-state index contributed by atoms with van der Waals surface area (Å²) >= 11 is 0. The second kappa shape index (κ2) is 5.34. The van der Waals surface area contributed by atoms with E-state index in [2.05, 4.69) is 5.10 Å². The first-order valence-electron chi connectivity index (χ1n) is 5.90. The van der Waals surface area contributed by atoms with Crippen LogP contribution in [-0.2, 0) is 19.1 Å². The first-order valence-corrected chi connectivity index (χ1v) is 5.90. The van der Waals surface area contributed by atoms with E-state index >= 15 is 0 Å². The van der Waals surface area contributed by atoms with E-state index in [9.17, 15) is 13.2 Å². The molecule has 0 bridgehead atoms. The van der Waals surface area contributed by atoms with E-state index in [4.69, 9.17) is 5.73 Å². The predicted octanol–water partition coefficient (Wildman–Crippen LogP) is 3.12. The minimum atomic E-state index is -4.37. The van der Waals surface area contributed by atoms with Crippen molar-refractivity contribution < 1.29 is 13.2 Å². The second-order valence-corrected chi connectivity index (χ2v) is 4.31. The first kappa shape index (κ1) is 13.5. The Morgan fingerprint density at radius 3 is 2.37 bits per heavy atom. The lowest BCUT2D eigenvalue weighted by Gasteiger charge is -2.04. The van der Waals surface area contributed by atoms with Gasteiger partial charge >= 0.3 is 6.18 Å². The van der Waals surface area contributed by atoms with Gasteiger partial charge in [0.15, 0.2) is 5.69 Å². The van der Waals surface area contributed by atoms with Gasteiger partial charge in [-0.3, -0.25) is 4.68 Å². The Hall–Kier alpha value is -1.98. The molecule has 2 N–H and O–H groups in total. The van der Waals surface area contributed by atoms with Crippen LogP contribution >= 0.6 is 0 Å². The Kier molecular flexibility index (Phi) is 3.78. The number of nitrogens with zero attached hydrogens (tertiary/aromatic N) is 2. The van der Waals surface area contributed by atoms with Crippen LogP contribution in [-0.4, -0.2) is 9.78 Å². The van der Waals surface area contributed by atoms with Gasteiger partial charge in [-0.05, 0) is 36.6 Å². The molecule has 0 aliphatic rings. The van der Waals surface area contributed by atoms with Crippen molar-refractivity contribution in [3.05, 3.63) is 47.8 Å². The van der Waals surface area contributed by atoms with E-state index in [0.29, 0.717) is 12.2 Å². The highest BCUT2D eigenvalue weighted by Gasteiger charge is 2.33. The molecule has 0 unspecified atom stereocenters. The molecule has 0 fully saturated rings. The number of anilines is 1. The summed E-state index contributed by atoms with van der Waals surface area (Å²) < 4.78 is 38.3. The Morgan fingerprint density at radius 1 is 1.11 bits per heavy atom. The largest absolute Gasteiger partial charge is 0.435 e. The number of alkyl halides is 3. The van der Waals surface area contributed by atoms with E-state index in [1.54, 1.807) is 0 Å². The number of benzene rings is 1. The zero-order chi connectivity index (χ0) is 13.9. The minimum absolute atomic E-state index is 0.459. The summed E-state index contributed by atoms with van der Waals surface area (Å²) in [6.07, 6.45) is -1.52. The van der Waals surface area contributed by atoms with Crippen molar-refractivity contribution in [2.24, 2.45) is 0 Å². The number of nitrogens with two attached hydrogens (primary N) is 1. The molecule has 1 aromatic heterocycles. The quantitative estimate of drug-likeness (QED) is 0.867. The van der Waals surface area contributed by atoms with Gasteiger partial charge < -0.3 is 5.73 Å². The molecule has 0 aliphatic carbocycles. The molecule has 1 aromatic carbocycles. The number of aryl methyl sites for hydroxylation is 2. The number of hydrogen-bond donors (Lipinski definition) is 1. The van der Waals surface area contributed by atoms with Gasteiger partial charge in [-0.1, -0.05) is 12.1 Å². The van der Waals surface area contributed by atoms with Gasteiger partial charge in [0, 0.05) is 18.4 Å². The number of halogens is 3. The zero-order valence-electron chi connectivity index (χ0n) is 10.2. The fourth-order valence-electron chi connectivity index (χ4n) is 1.77. The highest BCUT2D eigenvalue weighted by molar-refractivity contribution is 5.39. The van der Waals surface area contributed by atoms with E-state index in [-0.39, 0.29) is 0 Å². The Bertz CT molecular complexity index is 529. The molecule has 0 saturated carbocycles. The van der Waals surface area contributed by atoms with Crippen LogP contribution in [0.2, 0.25) is 0 Å². The molecule has 0 radical (unpaired) electrons. The van der Waals surface area contributed by atoms with E-state index < -0.39 is 11.9 Å². The molecular formula is C13H14F3N3. The molecule has 1 heterocycles. The third-order valence-electron chi connectivity index (χ3n) is 2.76. The smallest absolute Gasteiger partial charge is 0.399 e. The monoisotopic (exact) mass is 269 g/mol. The van der Waals surface area contributed by atoms with Crippen LogP contribution in [0, 0.1) is 0 Å². The van der Waals surface area contributed by atoms with Crippen molar-refractivity contribution in [2.75, 3.05) is 5.73 Å². The number of hydrogen-bond acceptors (Lipinski definition) is 2. The molecule has 0 aliphatic heterocycles. The maximum atomic E-state index is 12.3. The Morgan fingerprint density at radius 2 is 1.79 bits per heavy atom. The van der Waals surface area contributed by atoms with Crippen LogP contribution in [0.1, 0.15) is 17.7 Å². The van der Waals surface area contributed by atoms with Crippen molar-refractivity contribution in [2.45, 2.75) is 25.6 Å². The summed E-state index contributed by atoms with van der Waals surface area (Å²) in [5, 5.41) is 3.50. The second-order valence-electron chi connectivity index (χ2n) is 4.31. The Labute approximate surface area is 108 Å². The van der Waals surface area contributed by atoms with Crippen molar-refractivity contribution in [3.8, 4) is 0 Å². The van der Waals surface area contributed by atoms with Crippen molar-refractivity contribution in [3.63, 3.8) is 0 Å². The molecule has 102 valence electrons. The van der Waals surface area contributed by atoms with Crippen LogP contribution in [0.25, 0.3) is 0 Å². The zero-order valence-corrected chi connectivity index (χ0v) is 10.2. The molecular weight excluding hydrogens is 255 g/mol. The van der Waals surface area contributed by atoms with Crippen LogP contribution < -0.4 is 5.73 Å². The standard InChI is InChI=1S/C13H14F3N3/c14-13(15,16)12-7-9-19(18-12)8-1-2-10-3-5-11(17)6-4-10/h3-7,9H,1-2,8,17H2. The maximum absolute atomic E-state index is 12.3. The van der Waals surface area contributed by atoms with Gasteiger partial charge in [-0.15, -0.1) is 0 Å². The van der Waals surface area contributed by atoms with Crippen LogP contribution in [0.4, 0.5) is 18.9 Å². The molecule has 0 spiro atoms. The highest BCUT2D eigenvalue weighted by Crippen LogP contribution is 2.27. The Balaban J connectivity index is 1.86. The van der Waals surface area contributed by atoms with Crippen LogP contribution in [0.5, 0.6) is 0 Å². The van der Waals surface area contributed by atoms with Crippen molar-refractivity contribution in [1.29, 1.82) is 0 Å². The number of rotatable bonds is 4. The summed E-state index contributed by atoms with van der Waals surface area (Å²) in [7, 11) is 0. The highest BCUT2D eigenvalue weighted by atomic mass is 19.4. The SMILES string of the molecule is Nc1ccc(CCCn2ccc(C(F)(F)F)n2)cc1. The summed E-state index contributed by atoms with van der Waals surface area (Å²) in [6, 6.07) is 8.44. The van der Waals surface area contributed by atoms with Crippen LogP contribution in [0.3, 0.4) is 0 Å². The number of aromatic nitrogens is 2. The minimum Gasteiger partial charge on any atom is -0.399 e. The molecule has 2 rings (SSSR count). The van der Waals surface area contributed by atoms with E-state index in [0.717, 1.165) is 24.5 Å². The average Bonchev–Trinajstić information content (AvgIpc) is 2.80. The summed E-state index contributed by atoms with van der Waals surface area (Å²) in [6.45, 7) is 0.459. The van der Waals surface area contributed by atoms with Gasteiger partial charge in [0.05, 0.1) is 0 Å².